The van der Waals surface area contributed by atoms with Crippen LogP contribution in [0.3, 0.4) is 0 Å². The summed E-state index contributed by atoms with van der Waals surface area (Å²) in [7, 11) is -3.48. The molecule has 27 heavy (non-hydrogen) atoms. The fourth-order valence-corrected chi connectivity index (χ4v) is 4.20. The lowest BCUT2D eigenvalue weighted by atomic mass is 10.0. The van der Waals surface area contributed by atoms with Gasteiger partial charge in [-0.05, 0) is 54.2 Å². The highest BCUT2D eigenvalue weighted by Crippen LogP contribution is 2.32. The number of carboxylic acids is 1. The van der Waals surface area contributed by atoms with Gasteiger partial charge in [0.2, 0.25) is 10.0 Å². The number of benzene rings is 1. The molecule has 0 spiro atoms. The van der Waals surface area contributed by atoms with Gasteiger partial charge in [0, 0.05) is 6.54 Å². The van der Waals surface area contributed by atoms with Gasteiger partial charge in [0.25, 0.3) is 0 Å². The van der Waals surface area contributed by atoms with Crippen molar-refractivity contribution in [3.05, 3.63) is 77.9 Å². The molecule has 140 valence electrons. The molecule has 0 saturated carbocycles. The summed E-state index contributed by atoms with van der Waals surface area (Å²) >= 11 is 0. The van der Waals surface area contributed by atoms with Crippen LogP contribution in [0.1, 0.15) is 28.8 Å². The molecule has 2 aliphatic rings. The molecule has 0 heterocycles. The Hall–Kier alpha value is -2.70. The van der Waals surface area contributed by atoms with Gasteiger partial charge < -0.3 is 5.11 Å². The first-order chi connectivity index (χ1) is 13.0. The first-order valence-electron chi connectivity index (χ1n) is 8.78. The van der Waals surface area contributed by atoms with Gasteiger partial charge in [-0.1, -0.05) is 48.5 Å². The predicted molar refractivity (Wildman–Crippen MR) is 105 cm³/mol. The van der Waals surface area contributed by atoms with Crippen molar-refractivity contribution in [3.63, 3.8) is 0 Å². The molecule has 2 N–H and O–H groups in total. The van der Waals surface area contributed by atoms with Crippen molar-refractivity contribution >= 4 is 16.0 Å². The van der Waals surface area contributed by atoms with Gasteiger partial charge in [0.15, 0.2) is 0 Å². The van der Waals surface area contributed by atoms with Gasteiger partial charge in [-0.25, -0.2) is 17.9 Å². The van der Waals surface area contributed by atoms with E-state index in [-0.39, 0.29) is 4.90 Å². The largest absolute Gasteiger partial charge is 0.478 e. The van der Waals surface area contributed by atoms with Crippen LogP contribution in [-0.4, -0.2) is 26.0 Å². The van der Waals surface area contributed by atoms with E-state index in [2.05, 4.69) is 4.72 Å². The molecule has 0 atom stereocenters. The van der Waals surface area contributed by atoms with Gasteiger partial charge in [-0.15, -0.1) is 0 Å². The van der Waals surface area contributed by atoms with Gasteiger partial charge in [0.05, 0.1) is 10.5 Å². The van der Waals surface area contributed by atoms with Gasteiger partial charge in [-0.2, -0.15) is 0 Å². The Bertz CT molecular complexity index is 1000. The topological polar surface area (TPSA) is 83.5 Å². The van der Waals surface area contributed by atoms with Crippen LogP contribution in [0.5, 0.6) is 0 Å². The molecule has 0 unspecified atom stereocenters. The van der Waals surface area contributed by atoms with E-state index < -0.39 is 16.0 Å². The van der Waals surface area contributed by atoms with E-state index in [9.17, 15) is 18.3 Å². The van der Waals surface area contributed by atoms with Crippen molar-refractivity contribution in [2.75, 3.05) is 6.54 Å². The van der Waals surface area contributed by atoms with Gasteiger partial charge >= 0.3 is 5.97 Å². The summed E-state index contributed by atoms with van der Waals surface area (Å²) in [5, 5.41) is 9.41. The summed E-state index contributed by atoms with van der Waals surface area (Å²) in [6.45, 7) is 0.343. The van der Waals surface area contributed by atoms with Crippen LogP contribution >= 0.6 is 0 Å². The monoisotopic (exact) mass is 383 g/mol. The number of aromatic carboxylic acids is 1. The summed E-state index contributed by atoms with van der Waals surface area (Å²) < 4.78 is 27.0. The number of rotatable bonds is 8. The maximum atomic E-state index is 12.2. The van der Waals surface area contributed by atoms with E-state index in [0.717, 1.165) is 23.1 Å². The van der Waals surface area contributed by atoms with Crippen molar-refractivity contribution < 1.29 is 18.3 Å². The number of aryl methyl sites for hydroxylation is 1. The number of carbonyl (C=O) groups is 1. The fraction of sp³-hybridized carbons (Fsp3) is 0.190. The maximum absolute atomic E-state index is 12.2. The maximum Gasteiger partial charge on any atom is 0.336 e. The van der Waals surface area contributed by atoms with Crippen molar-refractivity contribution in [1.82, 2.24) is 4.72 Å². The number of sulfonamides is 1. The summed E-state index contributed by atoms with van der Waals surface area (Å²) in [6.07, 6.45) is 2.12. The smallest absolute Gasteiger partial charge is 0.336 e. The highest BCUT2D eigenvalue weighted by molar-refractivity contribution is 7.89. The van der Waals surface area contributed by atoms with E-state index >= 15 is 0 Å². The summed E-state index contributed by atoms with van der Waals surface area (Å²) in [5.41, 5.74) is 2.94. The zero-order chi connectivity index (χ0) is 19.3. The van der Waals surface area contributed by atoms with Gasteiger partial charge in [0.1, 0.15) is 0 Å². The molecule has 0 aromatic heterocycles. The van der Waals surface area contributed by atoms with Crippen LogP contribution in [0.2, 0.25) is 0 Å². The van der Waals surface area contributed by atoms with E-state index in [0.29, 0.717) is 24.9 Å². The minimum atomic E-state index is -3.48. The number of unbranched alkanes of at least 4 members (excludes halogenated alkanes) is 1. The van der Waals surface area contributed by atoms with Crippen molar-refractivity contribution in [2.24, 2.45) is 0 Å². The van der Waals surface area contributed by atoms with Crippen molar-refractivity contribution in [3.8, 4) is 11.1 Å². The second-order valence-electron chi connectivity index (χ2n) is 6.29. The Balaban J connectivity index is 1.60. The first-order valence-corrected chi connectivity index (χ1v) is 10.3. The lowest BCUT2D eigenvalue weighted by molar-refractivity contribution is 0.0698. The second kappa shape index (κ2) is 8.33. The van der Waals surface area contributed by atoms with Crippen molar-refractivity contribution in [2.45, 2.75) is 24.2 Å². The summed E-state index contributed by atoms with van der Waals surface area (Å²) in [6, 6.07) is 19.3. The average Bonchev–Trinajstić information content (AvgIpc) is 2.83. The van der Waals surface area contributed by atoms with Gasteiger partial charge in [-0.3, -0.25) is 0 Å². The third kappa shape index (κ3) is 4.53. The molecular formula is C21H21NO4S. The SMILES string of the molecule is O=C(O)c1cc(CCCCNS(=O)(=O)c2ccccc2)c2cccccc1-2. The molecule has 0 bridgehead atoms. The predicted octanol–water partition coefficient (Wildman–Crippen LogP) is 3.79. The molecule has 0 radical (unpaired) electrons. The third-order valence-electron chi connectivity index (χ3n) is 4.44. The Morgan fingerprint density at radius 2 is 1.52 bits per heavy atom. The molecule has 0 saturated heterocycles. The number of hydrogen-bond donors (Lipinski definition) is 2. The van der Waals surface area contributed by atoms with Crippen LogP contribution in [0.15, 0.2) is 71.6 Å². The Morgan fingerprint density at radius 3 is 2.19 bits per heavy atom. The van der Waals surface area contributed by atoms with Crippen LogP contribution < -0.4 is 4.72 Å². The van der Waals surface area contributed by atoms with E-state index in [1.165, 1.54) is 0 Å². The summed E-state index contributed by atoms with van der Waals surface area (Å²) in [4.78, 5) is 11.7. The second-order valence-corrected chi connectivity index (χ2v) is 8.06. The highest BCUT2D eigenvalue weighted by Gasteiger charge is 2.19. The Morgan fingerprint density at radius 1 is 0.889 bits per heavy atom. The minimum Gasteiger partial charge on any atom is -0.478 e. The number of nitrogens with one attached hydrogen (secondary N) is 1. The van der Waals surface area contributed by atoms with Crippen molar-refractivity contribution in [1.29, 1.82) is 0 Å². The van der Waals surface area contributed by atoms with Crippen LogP contribution in [0.4, 0.5) is 0 Å². The molecule has 2 aliphatic carbocycles. The fourth-order valence-electron chi connectivity index (χ4n) is 3.11. The Kier molecular flexibility index (Phi) is 5.88. The number of fused-ring (bicyclic) bond motifs is 1. The molecule has 5 nitrogen and oxygen atoms in total. The zero-order valence-corrected chi connectivity index (χ0v) is 15.6. The highest BCUT2D eigenvalue weighted by atomic mass is 32.2. The molecule has 1 aromatic rings. The molecule has 0 amide bonds. The average molecular weight is 383 g/mol. The Labute approximate surface area is 159 Å². The molecule has 6 heteroatoms. The van der Waals surface area contributed by atoms with Crippen LogP contribution in [0, 0.1) is 0 Å². The minimum absolute atomic E-state index is 0.255. The lowest BCUT2D eigenvalue weighted by Crippen LogP contribution is -2.24. The lowest BCUT2D eigenvalue weighted by Gasteiger charge is -2.07. The van der Waals surface area contributed by atoms with Crippen LogP contribution in [0.25, 0.3) is 11.1 Å². The quantitative estimate of drug-likeness (QED) is 0.580. The molecule has 3 rings (SSSR count). The zero-order valence-electron chi connectivity index (χ0n) is 14.8. The standard InChI is InChI=1S/C21H21NO4S/c23-21(24)20-15-16(18-12-5-2-6-13-19(18)20)9-7-8-14-22-27(25,26)17-10-3-1-4-11-17/h1-6,10-13,15,22H,7-9,14H2,(H,23,24). The normalized spacial score (nSPS) is 11.6. The van der Waals surface area contributed by atoms with E-state index in [4.69, 9.17) is 0 Å². The van der Waals surface area contributed by atoms with Crippen LogP contribution in [-0.2, 0) is 16.4 Å². The number of hydrogen-bond acceptors (Lipinski definition) is 3. The van der Waals surface area contributed by atoms with E-state index in [1.54, 1.807) is 36.4 Å². The first kappa shape index (κ1) is 19.1. The molecule has 0 fully saturated rings. The molecular weight excluding hydrogens is 362 g/mol. The molecule has 0 aliphatic heterocycles. The molecule has 1 aromatic carbocycles. The third-order valence-corrected chi connectivity index (χ3v) is 5.92. The van der Waals surface area contributed by atoms with E-state index in [1.807, 2.05) is 30.3 Å². The number of carboxylic acid groups (broad SMARTS) is 1. The summed E-state index contributed by atoms with van der Waals surface area (Å²) in [5.74, 6) is -0.937.